The van der Waals surface area contributed by atoms with Crippen molar-refractivity contribution in [2.24, 2.45) is 0 Å². The average Bonchev–Trinajstić information content (AvgIpc) is 2.46. The fourth-order valence-electron chi connectivity index (χ4n) is 2.55. The molecule has 2 rings (SSSR count). The number of nitro groups is 1. The van der Waals surface area contributed by atoms with Gasteiger partial charge in [0.2, 0.25) is 11.8 Å². The number of nitrogens with one attached hydrogen (secondary N) is 1. The molecule has 7 nitrogen and oxygen atoms in total. The standard InChI is InChI=1S/C12H19N5O2S/c1-20-12(5-3-2-4-6-12)8-15-10-9(17(18)19)7-14-11(13)16-10/h7H,2-6,8H2,1H3,(H3,13,14,15,16). The summed E-state index contributed by atoms with van der Waals surface area (Å²) in [5, 5.41) is 14.1. The molecule has 0 bridgehead atoms. The van der Waals surface area contributed by atoms with E-state index in [1.54, 1.807) is 0 Å². The Labute approximate surface area is 121 Å². The molecule has 1 aliphatic rings. The van der Waals surface area contributed by atoms with E-state index in [9.17, 15) is 10.1 Å². The van der Waals surface area contributed by atoms with Crippen molar-refractivity contribution in [1.29, 1.82) is 0 Å². The lowest BCUT2D eigenvalue weighted by atomic mass is 9.88. The summed E-state index contributed by atoms with van der Waals surface area (Å²) in [6.07, 6.45) is 9.16. The normalized spacial score (nSPS) is 17.6. The minimum Gasteiger partial charge on any atom is -0.368 e. The van der Waals surface area contributed by atoms with Crippen molar-refractivity contribution < 1.29 is 4.92 Å². The molecular formula is C12H19N5O2S. The van der Waals surface area contributed by atoms with Crippen molar-refractivity contribution >= 4 is 29.2 Å². The molecule has 3 N–H and O–H groups in total. The number of nitrogens with zero attached hydrogens (tertiary/aromatic N) is 3. The van der Waals surface area contributed by atoms with Crippen LogP contribution in [0.3, 0.4) is 0 Å². The van der Waals surface area contributed by atoms with Gasteiger partial charge in [0.05, 0.1) is 4.92 Å². The fraction of sp³-hybridized carbons (Fsp3) is 0.667. The van der Waals surface area contributed by atoms with Crippen molar-refractivity contribution in [2.45, 2.75) is 36.9 Å². The summed E-state index contributed by atoms with van der Waals surface area (Å²) in [6.45, 7) is 0.658. The molecule has 8 heteroatoms. The summed E-state index contributed by atoms with van der Waals surface area (Å²) in [4.78, 5) is 18.1. The van der Waals surface area contributed by atoms with E-state index >= 15 is 0 Å². The van der Waals surface area contributed by atoms with Gasteiger partial charge in [-0.15, -0.1) is 0 Å². The third-order valence-corrected chi connectivity index (χ3v) is 5.18. The number of rotatable bonds is 5. The summed E-state index contributed by atoms with van der Waals surface area (Å²) in [5.41, 5.74) is 5.38. The first-order chi connectivity index (χ1) is 9.56. The van der Waals surface area contributed by atoms with Crippen molar-refractivity contribution in [2.75, 3.05) is 23.9 Å². The molecule has 0 spiro atoms. The molecule has 1 aliphatic carbocycles. The first-order valence-electron chi connectivity index (χ1n) is 6.62. The maximum atomic E-state index is 11.0. The highest BCUT2D eigenvalue weighted by Crippen LogP contribution is 2.39. The molecule has 20 heavy (non-hydrogen) atoms. The van der Waals surface area contributed by atoms with Crippen LogP contribution in [0.25, 0.3) is 0 Å². The minimum absolute atomic E-state index is 0.0416. The van der Waals surface area contributed by atoms with Crippen LogP contribution in [-0.2, 0) is 0 Å². The maximum absolute atomic E-state index is 11.0. The Morgan fingerprint density at radius 2 is 2.20 bits per heavy atom. The first-order valence-corrected chi connectivity index (χ1v) is 7.85. The summed E-state index contributed by atoms with van der Waals surface area (Å²) in [5.74, 6) is 0.251. The van der Waals surface area contributed by atoms with Crippen molar-refractivity contribution in [1.82, 2.24) is 9.97 Å². The lowest BCUT2D eigenvalue weighted by Crippen LogP contribution is -2.35. The Hall–Kier alpha value is -1.57. The van der Waals surface area contributed by atoms with Crippen LogP contribution in [0.1, 0.15) is 32.1 Å². The first kappa shape index (κ1) is 14.8. The highest BCUT2D eigenvalue weighted by molar-refractivity contribution is 8.00. The Bertz CT molecular complexity index is 491. The predicted molar refractivity (Wildman–Crippen MR) is 80.9 cm³/mol. The quantitative estimate of drug-likeness (QED) is 0.635. The molecule has 1 aromatic rings. The molecule has 0 amide bonds. The van der Waals surface area contributed by atoms with E-state index in [4.69, 9.17) is 5.73 Å². The molecule has 110 valence electrons. The SMILES string of the molecule is CSC1(CNc2nc(N)ncc2[N+](=O)[O-])CCCCC1. The summed E-state index contributed by atoms with van der Waals surface area (Å²) in [7, 11) is 0. The summed E-state index contributed by atoms with van der Waals surface area (Å²) < 4.78 is 0.131. The number of nitrogen functional groups attached to an aromatic ring is 1. The zero-order chi connectivity index (χ0) is 14.6. The molecule has 0 atom stereocenters. The highest BCUT2D eigenvalue weighted by Gasteiger charge is 2.31. The predicted octanol–water partition coefficient (Wildman–Crippen LogP) is 2.44. The average molecular weight is 297 g/mol. The van der Waals surface area contributed by atoms with Gasteiger partial charge in [-0.1, -0.05) is 19.3 Å². The summed E-state index contributed by atoms with van der Waals surface area (Å²) >= 11 is 1.82. The molecule has 0 unspecified atom stereocenters. The molecule has 0 saturated heterocycles. The molecule has 1 fully saturated rings. The molecule has 1 heterocycles. The van der Waals surface area contributed by atoms with Gasteiger partial charge in [0.1, 0.15) is 6.20 Å². The van der Waals surface area contributed by atoms with E-state index in [1.165, 1.54) is 19.3 Å². The zero-order valence-electron chi connectivity index (χ0n) is 11.5. The van der Waals surface area contributed by atoms with Gasteiger partial charge in [-0.3, -0.25) is 10.1 Å². The van der Waals surface area contributed by atoms with Gasteiger partial charge in [-0.25, -0.2) is 4.98 Å². The van der Waals surface area contributed by atoms with E-state index in [2.05, 4.69) is 21.5 Å². The number of hydrogen-bond acceptors (Lipinski definition) is 7. The van der Waals surface area contributed by atoms with Gasteiger partial charge >= 0.3 is 5.69 Å². The molecule has 1 aromatic heterocycles. The largest absolute Gasteiger partial charge is 0.368 e. The number of nitrogens with two attached hydrogens (primary N) is 1. The zero-order valence-corrected chi connectivity index (χ0v) is 12.3. The Kier molecular flexibility index (Phi) is 4.64. The van der Waals surface area contributed by atoms with E-state index < -0.39 is 4.92 Å². The van der Waals surface area contributed by atoms with Gasteiger partial charge in [0.15, 0.2) is 0 Å². The second-order valence-corrected chi connectivity index (χ2v) is 6.29. The van der Waals surface area contributed by atoms with Crippen LogP contribution in [0.4, 0.5) is 17.5 Å². The lowest BCUT2D eigenvalue weighted by molar-refractivity contribution is -0.384. The number of thioether (sulfide) groups is 1. The highest BCUT2D eigenvalue weighted by atomic mass is 32.2. The van der Waals surface area contributed by atoms with Crippen molar-refractivity contribution in [3.63, 3.8) is 0 Å². The monoisotopic (exact) mass is 297 g/mol. The van der Waals surface area contributed by atoms with Gasteiger partial charge in [0, 0.05) is 11.3 Å². The van der Waals surface area contributed by atoms with Gasteiger partial charge in [-0.05, 0) is 19.1 Å². The second-order valence-electron chi connectivity index (χ2n) is 5.02. The summed E-state index contributed by atoms with van der Waals surface area (Å²) in [6, 6.07) is 0. The van der Waals surface area contributed by atoms with E-state index in [0.717, 1.165) is 19.0 Å². The van der Waals surface area contributed by atoms with Crippen LogP contribution in [0.2, 0.25) is 0 Å². The smallest absolute Gasteiger partial charge is 0.329 e. The molecule has 0 radical (unpaired) electrons. The van der Waals surface area contributed by atoms with E-state index in [0.29, 0.717) is 6.54 Å². The maximum Gasteiger partial charge on any atom is 0.329 e. The Morgan fingerprint density at radius 1 is 1.50 bits per heavy atom. The molecular weight excluding hydrogens is 278 g/mol. The Balaban J connectivity index is 2.13. The fourth-order valence-corrected chi connectivity index (χ4v) is 3.46. The van der Waals surface area contributed by atoms with Gasteiger partial charge in [0.25, 0.3) is 0 Å². The number of hydrogen-bond donors (Lipinski definition) is 2. The number of aromatic nitrogens is 2. The molecule has 0 aromatic carbocycles. The van der Waals surface area contributed by atoms with Crippen molar-refractivity contribution in [3.05, 3.63) is 16.3 Å². The van der Waals surface area contributed by atoms with Crippen LogP contribution >= 0.6 is 11.8 Å². The minimum atomic E-state index is -0.492. The molecule has 1 saturated carbocycles. The molecule has 0 aliphatic heterocycles. The second kappa shape index (κ2) is 6.25. The van der Waals surface area contributed by atoms with E-state index in [-0.39, 0.29) is 22.2 Å². The van der Waals surface area contributed by atoms with Crippen molar-refractivity contribution in [3.8, 4) is 0 Å². The van der Waals surface area contributed by atoms with Gasteiger partial charge < -0.3 is 11.1 Å². The third kappa shape index (κ3) is 3.30. The Morgan fingerprint density at radius 3 is 2.80 bits per heavy atom. The van der Waals surface area contributed by atoms with Crippen LogP contribution in [-0.4, -0.2) is 32.4 Å². The lowest BCUT2D eigenvalue weighted by Gasteiger charge is -2.35. The van der Waals surface area contributed by atoms with Crippen LogP contribution in [0, 0.1) is 10.1 Å². The van der Waals surface area contributed by atoms with Crippen LogP contribution in [0.15, 0.2) is 6.20 Å². The van der Waals surface area contributed by atoms with Crippen LogP contribution < -0.4 is 11.1 Å². The van der Waals surface area contributed by atoms with Gasteiger partial charge in [-0.2, -0.15) is 16.7 Å². The number of anilines is 2. The topological polar surface area (TPSA) is 107 Å². The van der Waals surface area contributed by atoms with Crippen LogP contribution in [0.5, 0.6) is 0 Å². The van der Waals surface area contributed by atoms with E-state index in [1.807, 2.05) is 11.8 Å². The third-order valence-electron chi connectivity index (χ3n) is 3.76.